The van der Waals surface area contributed by atoms with Gasteiger partial charge >= 0.3 is 0 Å². The molecule has 0 bridgehead atoms. The fraction of sp³-hybridized carbons (Fsp3) is 0.136. The summed E-state index contributed by atoms with van der Waals surface area (Å²) in [5.74, 6) is 0.196. The Morgan fingerprint density at radius 3 is 2.82 bits per heavy atom. The molecule has 0 atom stereocenters. The van der Waals surface area contributed by atoms with Gasteiger partial charge in [0, 0.05) is 17.4 Å². The lowest BCUT2D eigenvalue weighted by Gasteiger charge is -2.10. The number of carbonyl (C=O) groups is 1. The number of carbonyl (C=O) groups excluding carboxylic acids is 1. The number of hydrogen-bond acceptors (Lipinski definition) is 4. The van der Waals surface area contributed by atoms with Gasteiger partial charge in [-0.15, -0.1) is 0 Å². The van der Waals surface area contributed by atoms with Gasteiger partial charge in [0.1, 0.15) is 10.7 Å². The second-order valence-electron chi connectivity index (χ2n) is 6.50. The van der Waals surface area contributed by atoms with Crippen molar-refractivity contribution >= 4 is 34.3 Å². The molecule has 1 N–H and O–H groups in total. The van der Waals surface area contributed by atoms with Gasteiger partial charge in [-0.1, -0.05) is 30.7 Å². The van der Waals surface area contributed by atoms with Crippen LogP contribution in [-0.4, -0.2) is 15.9 Å². The van der Waals surface area contributed by atoms with E-state index in [-0.39, 0.29) is 11.1 Å². The first-order valence-corrected chi connectivity index (χ1v) is 9.35. The number of aryl methyl sites for hydroxylation is 2. The molecule has 2 aromatic heterocycles. The average molecular weight is 392 g/mol. The molecule has 0 spiro atoms. The molecule has 0 aliphatic carbocycles. The summed E-state index contributed by atoms with van der Waals surface area (Å²) < 4.78 is 5.90. The first kappa shape index (κ1) is 18.2. The molecule has 0 saturated heterocycles. The highest BCUT2D eigenvalue weighted by Gasteiger charge is 2.14. The lowest BCUT2D eigenvalue weighted by molar-refractivity contribution is 0.102. The summed E-state index contributed by atoms with van der Waals surface area (Å²) in [6.07, 6.45) is 2.48. The van der Waals surface area contributed by atoms with Gasteiger partial charge in [0.05, 0.1) is 5.56 Å². The molecule has 0 saturated carbocycles. The highest BCUT2D eigenvalue weighted by Crippen LogP contribution is 2.29. The Kier molecular flexibility index (Phi) is 4.84. The van der Waals surface area contributed by atoms with Crippen molar-refractivity contribution in [3.05, 3.63) is 76.6 Å². The Hall–Kier alpha value is -3.18. The quantitative estimate of drug-likeness (QED) is 0.455. The third-order valence-corrected chi connectivity index (χ3v) is 4.90. The number of oxazole rings is 1. The van der Waals surface area contributed by atoms with E-state index in [0.29, 0.717) is 17.1 Å². The van der Waals surface area contributed by atoms with Crippen LogP contribution in [0.1, 0.15) is 28.4 Å². The molecule has 140 valence electrons. The summed E-state index contributed by atoms with van der Waals surface area (Å²) in [6.45, 7) is 4.02. The monoisotopic (exact) mass is 391 g/mol. The van der Waals surface area contributed by atoms with Crippen molar-refractivity contribution in [1.82, 2.24) is 9.97 Å². The Bertz CT molecular complexity index is 1180. The second kappa shape index (κ2) is 7.44. The highest BCUT2D eigenvalue weighted by atomic mass is 35.5. The molecule has 5 nitrogen and oxygen atoms in total. The van der Waals surface area contributed by atoms with Gasteiger partial charge in [-0.05, 0) is 60.9 Å². The van der Waals surface area contributed by atoms with Gasteiger partial charge in [0.2, 0.25) is 5.89 Å². The van der Waals surface area contributed by atoms with E-state index in [0.717, 1.165) is 28.6 Å². The fourth-order valence-corrected chi connectivity index (χ4v) is 3.16. The van der Waals surface area contributed by atoms with Crippen LogP contribution in [0.25, 0.3) is 22.6 Å². The number of aromatic nitrogens is 2. The molecular weight excluding hydrogens is 374 g/mol. The predicted molar refractivity (Wildman–Crippen MR) is 111 cm³/mol. The van der Waals surface area contributed by atoms with Crippen molar-refractivity contribution in [3.8, 4) is 11.5 Å². The van der Waals surface area contributed by atoms with E-state index in [2.05, 4.69) is 22.2 Å². The van der Waals surface area contributed by atoms with Gasteiger partial charge in [-0.25, -0.2) is 9.97 Å². The van der Waals surface area contributed by atoms with Gasteiger partial charge < -0.3 is 9.73 Å². The van der Waals surface area contributed by atoms with Gasteiger partial charge in [-0.3, -0.25) is 4.79 Å². The molecule has 2 aromatic carbocycles. The molecule has 6 heteroatoms. The van der Waals surface area contributed by atoms with E-state index in [1.807, 2.05) is 43.3 Å². The summed E-state index contributed by atoms with van der Waals surface area (Å²) in [7, 11) is 0. The summed E-state index contributed by atoms with van der Waals surface area (Å²) >= 11 is 6.03. The van der Waals surface area contributed by atoms with Crippen LogP contribution in [0.3, 0.4) is 0 Å². The molecule has 0 radical (unpaired) electrons. The number of nitrogens with one attached hydrogen (secondary N) is 1. The van der Waals surface area contributed by atoms with Crippen LogP contribution in [-0.2, 0) is 6.42 Å². The largest absolute Gasteiger partial charge is 0.436 e. The summed E-state index contributed by atoms with van der Waals surface area (Å²) in [5.41, 5.74) is 5.46. The predicted octanol–water partition coefficient (Wildman–Crippen LogP) is 5.67. The van der Waals surface area contributed by atoms with E-state index in [1.54, 1.807) is 18.3 Å². The third-order valence-electron chi connectivity index (χ3n) is 4.60. The van der Waals surface area contributed by atoms with E-state index < -0.39 is 0 Å². The summed E-state index contributed by atoms with van der Waals surface area (Å²) in [6, 6.07) is 15.0. The standard InChI is InChI=1S/C22H18ClN3O2/c1-3-14-7-9-19-18(11-14)26-22(28-19)15-8-6-13(2)17(12-15)25-21(27)16-5-4-10-24-20(16)23/h4-12H,3H2,1-2H3,(H,25,27). The van der Waals surface area contributed by atoms with Crippen LogP contribution < -0.4 is 5.32 Å². The Labute approximate surface area is 167 Å². The lowest BCUT2D eigenvalue weighted by atomic mass is 10.1. The van der Waals surface area contributed by atoms with Crippen molar-refractivity contribution in [2.75, 3.05) is 5.32 Å². The third kappa shape index (κ3) is 3.49. The number of hydrogen-bond donors (Lipinski definition) is 1. The van der Waals surface area contributed by atoms with Crippen molar-refractivity contribution in [3.63, 3.8) is 0 Å². The smallest absolute Gasteiger partial charge is 0.258 e. The molecule has 0 aliphatic rings. The van der Waals surface area contributed by atoms with E-state index in [9.17, 15) is 4.79 Å². The first-order valence-electron chi connectivity index (χ1n) is 8.97. The zero-order chi connectivity index (χ0) is 19.7. The van der Waals surface area contributed by atoms with Crippen molar-refractivity contribution in [1.29, 1.82) is 0 Å². The normalized spacial score (nSPS) is 11.0. The molecule has 2 heterocycles. The summed E-state index contributed by atoms with van der Waals surface area (Å²) in [5, 5.41) is 3.06. The number of anilines is 1. The molecule has 0 fully saturated rings. The molecule has 0 aliphatic heterocycles. The number of halogens is 1. The van der Waals surface area contributed by atoms with E-state index in [1.165, 1.54) is 5.56 Å². The number of amides is 1. The van der Waals surface area contributed by atoms with Crippen molar-refractivity contribution < 1.29 is 9.21 Å². The van der Waals surface area contributed by atoms with Gasteiger partial charge in [0.15, 0.2) is 5.58 Å². The molecule has 0 unspecified atom stereocenters. The average Bonchev–Trinajstić information content (AvgIpc) is 3.13. The lowest BCUT2D eigenvalue weighted by Crippen LogP contribution is -2.13. The number of pyridine rings is 1. The van der Waals surface area contributed by atoms with Crippen molar-refractivity contribution in [2.45, 2.75) is 20.3 Å². The SMILES string of the molecule is CCc1ccc2oc(-c3ccc(C)c(NC(=O)c4cccnc4Cl)c3)nc2c1. The minimum atomic E-state index is -0.316. The maximum atomic E-state index is 12.6. The van der Waals surface area contributed by atoms with E-state index in [4.69, 9.17) is 16.0 Å². The van der Waals surface area contributed by atoms with Crippen molar-refractivity contribution in [2.24, 2.45) is 0 Å². The molecule has 1 amide bonds. The Balaban J connectivity index is 1.67. The molecule has 4 aromatic rings. The number of fused-ring (bicyclic) bond motifs is 1. The maximum Gasteiger partial charge on any atom is 0.258 e. The Morgan fingerprint density at radius 1 is 1.18 bits per heavy atom. The second-order valence-corrected chi connectivity index (χ2v) is 6.86. The number of nitrogens with zero attached hydrogens (tertiary/aromatic N) is 2. The highest BCUT2D eigenvalue weighted by molar-refractivity contribution is 6.33. The van der Waals surface area contributed by atoms with Crippen LogP contribution in [0, 0.1) is 6.92 Å². The maximum absolute atomic E-state index is 12.6. The summed E-state index contributed by atoms with van der Waals surface area (Å²) in [4.78, 5) is 21.1. The van der Waals surface area contributed by atoms with Crippen LogP contribution in [0.2, 0.25) is 5.15 Å². The van der Waals surface area contributed by atoms with E-state index >= 15 is 0 Å². The molecule has 28 heavy (non-hydrogen) atoms. The topological polar surface area (TPSA) is 68.0 Å². The van der Waals surface area contributed by atoms with Crippen LogP contribution in [0.5, 0.6) is 0 Å². The van der Waals surface area contributed by atoms with Gasteiger partial charge in [0.25, 0.3) is 5.91 Å². The Morgan fingerprint density at radius 2 is 2.04 bits per heavy atom. The molecular formula is C22H18ClN3O2. The number of benzene rings is 2. The van der Waals surface area contributed by atoms with Crippen LogP contribution in [0.4, 0.5) is 5.69 Å². The molecule has 4 rings (SSSR count). The first-order chi connectivity index (χ1) is 13.5. The minimum Gasteiger partial charge on any atom is -0.436 e. The van der Waals surface area contributed by atoms with Crippen LogP contribution in [0.15, 0.2) is 59.1 Å². The number of rotatable bonds is 4. The van der Waals surface area contributed by atoms with Crippen LogP contribution >= 0.6 is 11.6 Å². The minimum absolute atomic E-state index is 0.166. The fourth-order valence-electron chi connectivity index (χ4n) is 2.95. The zero-order valence-corrected chi connectivity index (χ0v) is 16.2. The zero-order valence-electron chi connectivity index (χ0n) is 15.5. The van der Waals surface area contributed by atoms with Gasteiger partial charge in [-0.2, -0.15) is 0 Å².